The lowest BCUT2D eigenvalue weighted by Crippen LogP contribution is -2.44. The van der Waals surface area contributed by atoms with Crippen molar-refractivity contribution in [1.82, 2.24) is 10.2 Å². The molecule has 4 atom stereocenters. The summed E-state index contributed by atoms with van der Waals surface area (Å²) < 4.78 is 0. The predicted molar refractivity (Wildman–Crippen MR) is 83.3 cm³/mol. The van der Waals surface area contributed by atoms with Crippen molar-refractivity contribution in [2.24, 2.45) is 17.8 Å². The SMILES string of the molecule is CCC(C)CN1C(=O)C(C(C)CC)NC1C1CCCC1. The van der Waals surface area contributed by atoms with Crippen LogP contribution in [0, 0.1) is 17.8 Å². The van der Waals surface area contributed by atoms with Gasteiger partial charge in [0.1, 0.15) is 0 Å². The molecule has 3 heteroatoms. The quantitative estimate of drug-likeness (QED) is 0.809. The molecule has 0 aromatic carbocycles. The third-order valence-corrected chi connectivity index (χ3v) is 5.50. The van der Waals surface area contributed by atoms with Gasteiger partial charge in [-0.1, -0.05) is 53.4 Å². The number of carbonyl (C=O) groups is 1. The standard InChI is InChI=1S/C17H32N2O/c1-5-12(3)11-19-16(14-9-7-8-10-14)18-15(17(19)20)13(4)6-2/h12-16,18H,5-11H2,1-4H3. The van der Waals surface area contributed by atoms with E-state index in [1.807, 2.05) is 0 Å². The van der Waals surface area contributed by atoms with Gasteiger partial charge in [-0.15, -0.1) is 0 Å². The molecule has 1 aliphatic carbocycles. The Morgan fingerprint density at radius 1 is 1.20 bits per heavy atom. The molecule has 0 spiro atoms. The molecule has 116 valence electrons. The molecular weight excluding hydrogens is 248 g/mol. The molecule has 3 nitrogen and oxygen atoms in total. The summed E-state index contributed by atoms with van der Waals surface area (Å²) in [4.78, 5) is 15.0. The van der Waals surface area contributed by atoms with E-state index in [2.05, 4.69) is 37.9 Å². The van der Waals surface area contributed by atoms with Crippen LogP contribution >= 0.6 is 0 Å². The highest BCUT2D eigenvalue weighted by atomic mass is 16.2. The third-order valence-electron chi connectivity index (χ3n) is 5.50. The van der Waals surface area contributed by atoms with Crippen LogP contribution in [0.4, 0.5) is 0 Å². The van der Waals surface area contributed by atoms with E-state index < -0.39 is 0 Å². The van der Waals surface area contributed by atoms with Crippen LogP contribution in [0.25, 0.3) is 0 Å². The molecule has 4 unspecified atom stereocenters. The number of rotatable bonds is 6. The van der Waals surface area contributed by atoms with Crippen LogP contribution in [-0.2, 0) is 4.79 Å². The maximum absolute atomic E-state index is 12.8. The lowest BCUT2D eigenvalue weighted by atomic mass is 9.99. The number of carbonyl (C=O) groups excluding carboxylic acids is 1. The van der Waals surface area contributed by atoms with E-state index in [-0.39, 0.29) is 6.04 Å². The molecule has 1 heterocycles. The van der Waals surface area contributed by atoms with Gasteiger partial charge in [0.05, 0.1) is 12.2 Å². The molecule has 0 aromatic heterocycles. The molecule has 1 N–H and O–H groups in total. The van der Waals surface area contributed by atoms with Crippen molar-refractivity contribution in [3.05, 3.63) is 0 Å². The summed E-state index contributed by atoms with van der Waals surface area (Å²) in [5.74, 6) is 2.07. The molecule has 2 aliphatic rings. The highest BCUT2D eigenvalue weighted by Crippen LogP contribution is 2.33. The second-order valence-corrected chi connectivity index (χ2v) is 7.02. The Morgan fingerprint density at radius 2 is 1.85 bits per heavy atom. The van der Waals surface area contributed by atoms with Crippen molar-refractivity contribution in [3.8, 4) is 0 Å². The molecule has 2 fully saturated rings. The summed E-state index contributed by atoms with van der Waals surface area (Å²) in [5, 5.41) is 3.69. The Hall–Kier alpha value is -0.570. The lowest BCUT2D eigenvalue weighted by molar-refractivity contribution is -0.132. The number of hydrogen-bond donors (Lipinski definition) is 1. The van der Waals surface area contributed by atoms with Gasteiger partial charge in [0.15, 0.2) is 0 Å². The average Bonchev–Trinajstić information content (AvgIpc) is 3.07. The van der Waals surface area contributed by atoms with Crippen molar-refractivity contribution in [3.63, 3.8) is 0 Å². The zero-order valence-electron chi connectivity index (χ0n) is 13.7. The number of amides is 1. The Balaban J connectivity index is 2.11. The van der Waals surface area contributed by atoms with Crippen molar-refractivity contribution in [2.75, 3.05) is 6.54 Å². The lowest BCUT2D eigenvalue weighted by Gasteiger charge is -2.30. The number of nitrogens with zero attached hydrogens (tertiary/aromatic N) is 1. The minimum Gasteiger partial charge on any atom is -0.325 e. The number of nitrogens with one attached hydrogen (secondary N) is 1. The first-order valence-corrected chi connectivity index (χ1v) is 8.65. The van der Waals surface area contributed by atoms with Gasteiger partial charge in [0, 0.05) is 6.54 Å². The van der Waals surface area contributed by atoms with E-state index in [9.17, 15) is 4.79 Å². The van der Waals surface area contributed by atoms with E-state index in [1.165, 1.54) is 25.7 Å². The third kappa shape index (κ3) is 3.19. The molecule has 20 heavy (non-hydrogen) atoms. The molecule has 1 saturated carbocycles. The van der Waals surface area contributed by atoms with E-state index in [0.717, 1.165) is 19.4 Å². The van der Waals surface area contributed by atoms with E-state index in [0.29, 0.717) is 29.8 Å². The summed E-state index contributed by atoms with van der Waals surface area (Å²) in [6.07, 6.45) is 7.76. The average molecular weight is 280 g/mol. The minimum absolute atomic E-state index is 0.0506. The Bertz CT molecular complexity index is 325. The highest BCUT2D eigenvalue weighted by Gasteiger charge is 2.44. The fourth-order valence-corrected chi connectivity index (χ4v) is 3.64. The fourth-order valence-electron chi connectivity index (χ4n) is 3.64. The van der Waals surface area contributed by atoms with E-state index in [4.69, 9.17) is 0 Å². The van der Waals surface area contributed by atoms with Crippen LogP contribution < -0.4 is 5.32 Å². The van der Waals surface area contributed by atoms with Crippen molar-refractivity contribution in [1.29, 1.82) is 0 Å². The van der Waals surface area contributed by atoms with Gasteiger partial charge in [-0.05, 0) is 30.6 Å². The van der Waals surface area contributed by atoms with Gasteiger partial charge >= 0.3 is 0 Å². The zero-order chi connectivity index (χ0) is 14.7. The molecule has 1 saturated heterocycles. The molecule has 1 amide bonds. The first kappa shape index (κ1) is 15.8. The summed E-state index contributed by atoms with van der Waals surface area (Å²) in [6, 6.07) is 0.0506. The topological polar surface area (TPSA) is 32.3 Å². The molecule has 0 radical (unpaired) electrons. The van der Waals surface area contributed by atoms with E-state index >= 15 is 0 Å². The summed E-state index contributed by atoms with van der Waals surface area (Å²) in [7, 11) is 0. The first-order valence-electron chi connectivity index (χ1n) is 8.65. The number of hydrogen-bond acceptors (Lipinski definition) is 2. The summed E-state index contributed by atoms with van der Waals surface area (Å²) in [6.45, 7) is 9.79. The molecule has 1 aliphatic heterocycles. The van der Waals surface area contributed by atoms with Crippen LogP contribution in [0.3, 0.4) is 0 Å². The maximum Gasteiger partial charge on any atom is 0.241 e. The predicted octanol–water partition coefficient (Wildman–Crippen LogP) is 3.40. The second kappa shape index (κ2) is 6.93. The van der Waals surface area contributed by atoms with Crippen LogP contribution in [0.15, 0.2) is 0 Å². The van der Waals surface area contributed by atoms with Crippen LogP contribution in [0.1, 0.15) is 66.2 Å². The fraction of sp³-hybridized carbons (Fsp3) is 0.941. The Labute approximate surface area is 124 Å². The van der Waals surface area contributed by atoms with Crippen LogP contribution in [-0.4, -0.2) is 29.6 Å². The monoisotopic (exact) mass is 280 g/mol. The van der Waals surface area contributed by atoms with Crippen LogP contribution in [0.2, 0.25) is 0 Å². The van der Waals surface area contributed by atoms with Gasteiger partial charge in [0.2, 0.25) is 5.91 Å². The van der Waals surface area contributed by atoms with Gasteiger partial charge in [-0.25, -0.2) is 0 Å². The van der Waals surface area contributed by atoms with Gasteiger partial charge in [0.25, 0.3) is 0 Å². The first-order chi connectivity index (χ1) is 9.58. The highest BCUT2D eigenvalue weighted by molar-refractivity contribution is 5.84. The maximum atomic E-state index is 12.8. The Kier molecular flexibility index (Phi) is 5.48. The van der Waals surface area contributed by atoms with E-state index in [1.54, 1.807) is 0 Å². The molecule has 2 rings (SSSR count). The van der Waals surface area contributed by atoms with Gasteiger partial charge in [-0.2, -0.15) is 0 Å². The van der Waals surface area contributed by atoms with Crippen molar-refractivity contribution < 1.29 is 4.79 Å². The van der Waals surface area contributed by atoms with Crippen LogP contribution in [0.5, 0.6) is 0 Å². The second-order valence-electron chi connectivity index (χ2n) is 7.02. The van der Waals surface area contributed by atoms with Gasteiger partial charge in [-0.3, -0.25) is 10.1 Å². The normalized spacial score (nSPS) is 31.0. The minimum atomic E-state index is 0.0506. The summed E-state index contributed by atoms with van der Waals surface area (Å²) >= 11 is 0. The van der Waals surface area contributed by atoms with Crippen molar-refractivity contribution >= 4 is 5.91 Å². The molecular formula is C17H32N2O. The smallest absolute Gasteiger partial charge is 0.241 e. The van der Waals surface area contributed by atoms with Crippen molar-refractivity contribution in [2.45, 2.75) is 78.4 Å². The van der Waals surface area contributed by atoms with Gasteiger partial charge < -0.3 is 4.90 Å². The molecule has 0 bridgehead atoms. The largest absolute Gasteiger partial charge is 0.325 e. The Morgan fingerprint density at radius 3 is 2.40 bits per heavy atom. The summed E-state index contributed by atoms with van der Waals surface area (Å²) in [5.41, 5.74) is 0. The zero-order valence-corrected chi connectivity index (χ0v) is 13.7. The molecule has 0 aromatic rings.